The highest BCUT2D eigenvalue weighted by Gasteiger charge is 2.25. The second kappa shape index (κ2) is 10.6. The SMILES string of the molecule is Cc1ccccc1C(C/C(=N/O)c1cc[n+]([O-])c(C)c1)c1ccc(N2CCC(C(=O)O)CC2)cc1. The van der Waals surface area contributed by atoms with Crippen LogP contribution in [-0.4, -0.2) is 35.1 Å². The second-order valence-corrected chi connectivity index (χ2v) is 9.23. The summed E-state index contributed by atoms with van der Waals surface area (Å²) in [6.07, 6.45) is 3.20. The number of rotatable bonds is 7. The highest BCUT2D eigenvalue weighted by atomic mass is 16.5. The van der Waals surface area contributed by atoms with E-state index >= 15 is 0 Å². The molecule has 2 heterocycles. The maximum Gasteiger partial charge on any atom is 0.306 e. The molecule has 1 unspecified atom stereocenters. The number of carboxylic acids is 1. The summed E-state index contributed by atoms with van der Waals surface area (Å²) in [4.78, 5) is 13.5. The molecule has 1 saturated heterocycles. The molecule has 2 aromatic carbocycles. The van der Waals surface area contributed by atoms with E-state index in [0.29, 0.717) is 36.2 Å². The number of hydrogen-bond acceptors (Lipinski definition) is 5. The number of nitrogens with zero attached hydrogens (tertiary/aromatic N) is 3. The van der Waals surface area contributed by atoms with Crippen molar-refractivity contribution in [1.82, 2.24) is 0 Å². The number of oxime groups is 1. The van der Waals surface area contributed by atoms with Crippen LogP contribution in [0.1, 0.15) is 53.1 Å². The van der Waals surface area contributed by atoms with Crippen LogP contribution in [0.4, 0.5) is 5.69 Å². The summed E-state index contributed by atoms with van der Waals surface area (Å²) >= 11 is 0. The van der Waals surface area contributed by atoms with Crippen molar-refractivity contribution in [2.75, 3.05) is 18.0 Å². The minimum Gasteiger partial charge on any atom is -0.619 e. The molecule has 1 atom stereocenters. The Morgan fingerprint density at radius 1 is 1.11 bits per heavy atom. The molecule has 0 saturated carbocycles. The number of pyridine rings is 1. The average Bonchev–Trinajstić information content (AvgIpc) is 2.87. The van der Waals surface area contributed by atoms with Crippen LogP contribution in [-0.2, 0) is 4.79 Å². The maximum absolute atomic E-state index is 11.8. The van der Waals surface area contributed by atoms with E-state index in [4.69, 9.17) is 0 Å². The van der Waals surface area contributed by atoms with Crippen LogP contribution in [0, 0.1) is 25.0 Å². The van der Waals surface area contributed by atoms with Gasteiger partial charge in [-0.2, -0.15) is 4.73 Å². The highest BCUT2D eigenvalue weighted by molar-refractivity contribution is 6.00. The number of aliphatic carboxylic acids is 1. The molecule has 4 rings (SSSR count). The van der Waals surface area contributed by atoms with Crippen LogP contribution >= 0.6 is 0 Å². The zero-order valence-electron chi connectivity index (χ0n) is 20.1. The molecule has 3 aromatic rings. The molecular weight excluding hydrogens is 442 g/mol. The van der Waals surface area contributed by atoms with Gasteiger partial charge < -0.3 is 20.4 Å². The fraction of sp³-hybridized carbons (Fsp3) is 0.321. The van der Waals surface area contributed by atoms with Gasteiger partial charge in [0.25, 0.3) is 0 Å². The maximum atomic E-state index is 11.8. The standard InChI is InChI=1S/C28H31N3O4/c1-19-5-3-4-6-25(19)26(18-27(29-34)23-13-16-31(35)20(2)17-23)21-7-9-24(10-8-21)30-14-11-22(12-15-30)28(32)33/h3-10,13,16-17,22,26,34H,11-12,14-15,18H2,1-2H3,(H,32,33)/b29-27-. The van der Waals surface area contributed by atoms with Crippen LogP contribution < -0.4 is 9.63 Å². The Kier molecular flexibility index (Phi) is 7.34. The van der Waals surface area contributed by atoms with Crippen molar-refractivity contribution in [2.45, 2.75) is 39.0 Å². The summed E-state index contributed by atoms with van der Waals surface area (Å²) in [5, 5.41) is 34.5. The lowest BCUT2D eigenvalue weighted by Crippen LogP contribution is -2.36. The number of benzene rings is 2. The molecule has 0 bridgehead atoms. The Balaban J connectivity index is 1.62. The van der Waals surface area contributed by atoms with Gasteiger partial charge in [0.1, 0.15) is 0 Å². The molecule has 0 radical (unpaired) electrons. The molecule has 7 heteroatoms. The zero-order chi connectivity index (χ0) is 24.9. The van der Waals surface area contributed by atoms with E-state index in [-0.39, 0.29) is 11.8 Å². The van der Waals surface area contributed by atoms with Gasteiger partial charge in [0.2, 0.25) is 0 Å². The Hall–Kier alpha value is -3.87. The van der Waals surface area contributed by atoms with Crippen molar-refractivity contribution in [1.29, 1.82) is 0 Å². The first-order valence-electron chi connectivity index (χ1n) is 11.9. The van der Waals surface area contributed by atoms with Gasteiger partial charge in [-0.1, -0.05) is 41.6 Å². The molecule has 7 nitrogen and oxygen atoms in total. The normalized spacial score (nSPS) is 15.7. The molecule has 0 spiro atoms. The van der Waals surface area contributed by atoms with Gasteiger partial charge in [0, 0.05) is 55.7 Å². The lowest BCUT2D eigenvalue weighted by molar-refractivity contribution is -0.612. The average molecular weight is 474 g/mol. The van der Waals surface area contributed by atoms with Crippen molar-refractivity contribution in [3.63, 3.8) is 0 Å². The summed E-state index contributed by atoms with van der Waals surface area (Å²) in [5.41, 5.74) is 6.24. The molecule has 0 aliphatic carbocycles. The summed E-state index contributed by atoms with van der Waals surface area (Å²) in [5.74, 6) is -1.01. The molecule has 182 valence electrons. The van der Waals surface area contributed by atoms with Gasteiger partial charge in [0.05, 0.1) is 11.6 Å². The predicted octanol–water partition coefficient (Wildman–Crippen LogP) is 4.64. The van der Waals surface area contributed by atoms with Crippen molar-refractivity contribution < 1.29 is 19.8 Å². The van der Waals surface area contributed by atoms with Crippen LogP contribution in [0.3, 0.4) is 0 Å². The van der Waals surface area contributed by atoms with Gasteiger partial charge >= 0.3 is 5.97 Å². The molecule has 1 aliphatic heterocycles. The van der Waals surface area contributed by atoms with E-state index in [0.717, 1.165) is 40.2 Å². The molecule has 1 aliphatic rings. The Morgan fingerprint density at radius 2 is 1.80 bits per heavy atom. The minimum absolute atomic E-state index is 0.0474. The van der Waals surface area contributed by atoms with Crippen molar-refractivity contribution in [3.05, 3.63) is 100 Å². The molecular formula is C28H31N3O4. The number of piperidine rings is 1. The first-order chi connectivity index (χ1) is 16.9. The van der Waals surface area contributed by atoms with Crippen LogP contribution in [0.15, 0.2) is 72.0 Å². The third kappa shape index (κ3) is 5.45. The quantitative estimate of drug-likeness (QED) is 0.171. The fourth-order valence-corrected chi connectivity index (χ4v) is 4.88. The first kappa shape index (κ1) is 24.3. The molecule has 1 aromatic heterocycles. The van der Waals surface area contributed by atoms with Gasteiger partial charge in [-0.3, -0.25) is 4.79 Å². The van der Waals surface area contributed by atoms with Crippen molar-refractivity contribution in [3.8, 4) is 0 Å². The molecule has 35 heavy (non-hydrogen) atoms. The van der Waals surface area contributed by atoms with Crippen LogP contribution in [0.25, 0.3) is 0 Å². The van der Waals surface area contributed by atoms with E-state index < -0.39 is 5.97 Å². The largest absolute Gasteiger partial charge is 0.619 e. The number of aryl methyl sites for hydroxylation is 2. The monoisotopic (exact) mass is 473 g/mol. The minimum atomic E-state index is -0.707. The van der Waals surface area contributed by atoms with E-state index in [9.17, 15) is 20.3 Å². The van der Waals surface area contributed by atoms with Gasteiger partial charge in [0.15, 0.2) is 11.9 Å². The number of anilines is 1. The molecule has 2 N–H and O–H groups in total. The summed E-state index contributed by atoms with van der Waals surface area (Å²) < 4.78 is 0.787. The van der Waals surface area contributed by atoms with Crippen molar-refractivity contribution in [2.24, 2.45) is 11.1 Å². The van der Waals surface area contributed by atoms with Crippen LogP contribution in [0.5, 0.6) is 0 Å². The summed E-state index contributed by atoms with van der Waals surface area (Å²) in [6.45, 7) is 5.26. The lowest BCUT2D eigenvalue weighted by Gasteiger charge is -2.32. The van der Waals surface area contributed by atoms with Crippen molar-refractivity contribution >= 4 is 17.4 Å². The van der Waals surface area contributed by atoms with Gasteiger partial charge in [-0.05, 0) is 48.6 Å². The Morgan fingerprint density at radius 3 is 2.40 bits per heavy atom. The summed E-state index contributed by atoms with van der Waals surface area (Å²) in [7, 11) is 0. The van der Waals surface area contributed by atoms with E-state index in [1.165, 1.54) is 6.20 Å². The smallest absolute Gasteiger partial charge is 0.306 e. The van der Waals surface area contributed by atoms with E-state index in [1.54, 1.807) is 19.1 Å². The van der Waals surface area contributed by atoms with E-state index in [2.05, 4.69) is 53.4 Å². The third-order valence-electron chi connectivity index (χ3n) is 7.02. The number of hydrogen-bond donors (Lipinski definition) is 2. The van der Waals surface area contributed by atoms with Gasteiger partial charge in [-0.15, -0.1) is 0 Å². The van der Waals surface area contributed by atoms with E-state index in [1.807, 2.05) is 12.1 Å². The Bertz CT molecular complexity index is 1220. The number of carbonyl (C=O) groups is 1. The fourth-order valence-electron chi connectivity index (χ4n) is 4.88. The molecule has 1 fully saturated rings. The second-order valence-electron chi connectivity index (χ2n) is 9.23. The lowest BCUT2D eigenvalue weighted by atomic mass is 9.83. The highest BCUT2D eigenvalue weighted by Crippen LogP contribution is 2.33. The first-order valence-corrected chi connectivity index (χ1v) is 11.9. The zero-order valence-corrected chi connectivity index (χ0v) is 20.1. The number of aromatic nitrogens is 1. The van der Waals surface area contributed by atoms with Gasteiger partial charge in [-0.25, -0.2) is 0 Å². The number of carboxylic acid groups (broad SMARTS) is 1. The predicted molar refractivity (Wildman–Crippen MR) is 135 cm³/mol. The summed E-state index contributed by atoms with van der Waals surface area (Å²) in [6, 6.07) is 20.0. The molecule has 0 amide bonds. The Labute approximate surface area is 205 Å². The van der Waals surface area contributed by atoms with Crippen LogP contribution in [0.2, 0.25) is 0 Å². The third-order valence-corrected chi connectivity index (χ3v) is 7.02. The topological polar surface area (TPSA) is 100 Å².